The number of ketones is 1. The molecule has 5 nitrogen and oxygen atoms in total. The van der Waals surface area contributed by atoms with E-state index in [2.05, 4.69) is 5.32 Å². The second-order valence-corrected chi connectivity index (χ2v) is 6.23. The van der Waals surface area contributed by atoms with Crippen LogP contribution in [0.4, 0.5) is 0 Å². The molecule has 2 aromatic carbocycles. The normalized spacial score (nSPS) is 11.5. The van der Waals surface area contributed by atoms with Crippen LogP contribution in [0.1, 0.15) is 42.2 Å². The maximum absolute atomic E-state index is 12.2. The summed E-state index contributed by atoms with van der Waals surface area (Å²) < 4.78 is 10.8. The van der Waals surface area contributed by atoms with Crippen molar-refractivity contribution in [1.29, 1.82) is 0 Å². The molecule has 6 heteroatoms. The van der Waals surface area contributed by atoms with Crippen LogP contribution in [0.5, 0.6) is 11.5 Å². The third-order valence-electron chi connectivity index (χ3n) is 3.94. The molecule has 0 aromatic heterocycles. The Morgan fingerprint density at radius 3 is 2.38 bits per heavy atom. The molecule has 0 unspecified atom stereocenters. The highest BCUT2D eigenvalue weighted by atomic mass is 35.5. The summed E-state index contributed by atoms with van der Waals surface area (Å²) in [7, 11) is 1.49. The summed E-state index contributed by atoms with van der Waals surface area (Å²) >= 11 is 5.90. The Kier molecular flexibility index (Phi) is 7.04. The lowest BCUT2D eigenvalue weighted by Gasteiger charge is -2.18. The van der Waals surface area contributed by atoms with Crippen molar-refractivity contribution in [1.82, 2.24) is 5.32 Å². The van der Waals surface area contributed by atoms with Crippen molar-refractivity contribution in [2.75, 3.05) is 13.7 Å². The van der Waals surface area contributed by atoms with Gasteiger partial charge in [-0.05, 0) is 49.2 Å². The van der Waals surface area contributed by atoms with Crippen LogP contribution in [0.15, 0.2) is 42.5 Å². The van der Waals surface area contributed by atoms with E-state index in [0.29, 0.717) is 22.1 Å². The number of rotatable bonds is 8. The molecule has 138 valence electrons. The average molecular weight is 376 g/mol. The van der Waals surface area contributed by atoms with E-state index in [-0.39, 0.29) is 24.3 Å². The summed E-state index contributed by atoms with van der Waals surface area (Å²) in [6, 6.07) is 12.1. The van der Waals surface area contributed by atoms with E-state index in [9.17, 15) is 9.59 Å². The summed E-state index contributed by atoms with van der Waals surface area (Å²) in [5, 5.41) is 3.59. The monoisotopic (exact) mass is 375 g/mol. The molecule has 2 aromatic rings. The minimum absolute atomic E-state index is 0.0682. The third kappa shape index (κ3) is 5.23. The molecule has 0 radical (unpaired) electrons. The molecule has 26 heavy (non-hydrogen) atoms. The molecule has 2 rings (SSSR count). The first-order valence-electron chi connectivity index (χ1n) is 8.31. The van der Waals surface area contributed by atoms with Crippen molar-refractivity contribution >= 4 is 23.3 Å². The van der Waals surface area contributed by atoms with Crippen LogP contribution in [0, 0.1) is 0 Å². The van der Waals surface area contributed by atoms with Gasteiger partial charge in [0.15, 0.2) is 23.9 Å². The van der Waals surface area contributed by atoms with Crippen LogP contribution in [0.25, 0.3) is 0 Å². The number of halogens is 1. The lowest BCUT2D eigenvalue weighted by molar-refractivity contribution is -0.123. The standard InChI is InChI=1S/C20H22ClNO4/c1-4-17(14-5-8-16(21)9-6-14)22-20(24)12-26-18-10-7-15(13(2)23)11-19(18)25-3/h5-11,17H,4,12H2,1-3H3,(H,22,24)/t17-/m0/s1. The highest BCUT2D eigenvalue weighted by Gasteiger charge is 2.15. The van der Waals surface area contributed by atoms with E-state index in [1.807, 2.05) is 19.1 Å². The van der Waals surface area contributed by atoms with Gasteiger partial charge in [-0.25, -0.2) is 0 Å². The molecule has 1 atom stereocenters. The number of hydrogen-bond acceptors (Lipinski definition) is 4. The van der Waals surface area contributed by atoms with Crippen molar-refractivity contribution in [3.63, 3.8) is 0 Å². The van der Waals surface area contributed by atoms with Crippen molar-refractivity contribution in [2.24, 2.45) is 0 Å². The Labute approximate surface area is 158 Å². The van der Waals surface area contributed by atoms with Gasteiger partial charge in [0, 0.05) is 10.6 Å². The number of Topliss-reactive ketones (excluding diaryl/α,β-unsaturated/α-hetero) is 1. The van der Waals surface area contributed by atoms with Crippen molar-refractivity contribution < 1.29 is 19.1 Å². The number of amides is 1. The van der Waals surface area contributed by atoms with Crippen molar-refractivity contribution in [2.45, 2.75) is 26.3 Å². The highest BCUT2D eigenvalue weighted by Crippen LogP contribution is 2.28. The molecule has 0 saturated heterocycles. The van der Waals surface area contributed by atoms with Gasteiger partial charge in [0.2, 0.25) is 0 Å². The predicted molar refractivity (Wildman–Crippen MR) is 101 cm³/mol. The molecular formula is C20H22ClNO4. The van der Waals surface area contributed by atoms with E-state index >= 15 is 0 Å². The molecule has 0 aliphatic carbocycles. The molecule has 0 bridgehead atoms. The number of methoxy groups -OCH3 is 1. The second-order valence-electron chi connectivity index (χ2n) is 5.79. The molecule has 0 fully saturated rings. The van der Waals surface area contributed by atoms with E-state index in [1.54, 1.807) is 30.3 Å². The molecule has 0 spiro atoms. The minimum atomic E-state index is -0.246. The number of carbonyl (C=O) groups is 2. The van der Waals surface area contributed by atoms with Crippen LogP contribution in [0.2, 0.25) is 5.02 Å². The first-order chi connectivity index (χ1) is 12.4. The van der Waals surface area contributed by atoms with E-state index in [1.165, 1.54) is 14.0 Å². The summed E-state index contributed by atoms with van der Waals surface area (Å²) in [6.45, 7) is 3.31. The zero-order valence-corrected chi connectivity index (χ0v) is 15.8. The van der Waals surface area contributed by atoms with Crippen LogP contribution >= 0.6 is 11.6 Å². The van der Waals surface area contributed by atoms with Gasteiger partial charge in [-0.15, -0.1) is 0 Å². The Morgan fingerprint density at radius 2 is 1.81 bits per heavy atom. The molecule has 0 heterocycles. The van der Waals surface area contributed by atoms with Gasteiger partial charge in [0.25, 0.3) is 5.91 Å². The van der Waals surface area contributed by atoms with Gasteiger partial charge in [0.1, 0.15) is 0 Å². The minimum Gasteiger partial charge on any atom is -0.493 e. The van der Waals surface area contributed by atoms with E-state index in [0.717, 1.165) is 12.0 Å². The average Bonchev–Trinajstić information content (AvgIpc) is 2.65. The third-order valence-corrected chi connectivity index (χ3v) is 4.20. The summed E-state index contributed by atoms with van der Waals surface area (Å²) in [6.07, 6.45) is 0.740. The largest absolute Gasteiger partial charge is 0.493 e. The summed E-state index contributed by atoms with van der Waals surface area (Å²) in [5.74, 6) is 0.508. The fraction of sp³-hybridized carbons (Fsp3) is 0.300. The Hall–Kier alpha value is -2.53. The first kappa shape index (κ1) is 19.8. The van der Waals surface area contributed by atoms with Gasteiger partial charge >= 0.3 is 0 Å². The quantitative estimate of drug-likeness (QED) is 0.702. The number of nitrogens with one attached hydrogen (secondary N) is 1. The fourth-order valence-electron chi connectivity index (χ4n) is 2.50. The predicted octanol–water partition coefficient (Wildman–Crippen LogP) is 4.20. The van der Waals surface area contributed by atoms with Crippen molar-refractivity contribution in [3.8, 4) is 11.5 Å². The van der Waals surface area contributed by atoms with Crippen molar-refractivity contribution in [3.05, 3.63) is 58.6 Å². The summed E-state index contributed by atoms with van der Waals surface area (Å²) in [4.78, 5) is 23.7. The van der Waals surface area contributed by atoms with E-state index in [4.69, 9.17) is 21.1 Å². The maximum atomic E-state index is 12.2. The molecule has 1 N–H and O–H groups in total. The molecule has 1 amide bonds. The molecule has 0 saturated carbocycles. The number of hydrogen-bond donors (Lipinski definition) is 1. The van der Waals surface area contributed by atoms with Gasteiger partial charge in [0.05, 0.1) is 13.2 Å². The Bertz CT molecular complexity index is 774. The summed E-state index contributed by atoms with van der Waals surface area (Å²) in [5.41, 5.74) is 1.50. The first-order valence-corrected chi connectivity index (χ1v) is 8.69. The van der Waals surface area contributed by atoms with Crippen LogP contribution in [-0.4, -0.2) is 25.4 Å². The number of carbonyl (C=O) groups excluding carboxylic acids is 2. The van der Waals surface area contributed by atoms with Crippen LogP contribution in [-0.2, 0) is 4.79 Å². The second kappa shape index (κ2) is 9.25. The van der Waals surface area contributed by atoms with Gasteiger partial charge in [-0.1, -0.05) is 30.7 Å². The topological polar surface area (TPSA) is 64.6 Å². The Balaban J connectivity index is 1.99. The molecule has 0 aliphatic heterocycles. The van der Waals surface area contributed by atoms with Gasteiger partial charge < -0.3 is 14.8 Å². The van der Waals surface area contributed by atoms with Crippen LogP contribution in [0.3, 0.4) is 0 Å². The number of benzene rings is 2. The lowest BCUT2D eigenvalue weighted by atomic mass is 10.0. The zero-order valence-electron chi connectivity index (χ0n) is 15.0. The van der Waals surface area contributed by atoms with E-state index < -0.39 is 0 Å². The Morgan fingerprint density at radius 1 is 1.12 bits per heavy atom. The maximum Gasteiger partial charge on any atom is 0.258 e. The lowest BCUT2D eigenvalue weighted by Crippen LogP contribution is -2.32. The highest BCUT2D eigenvalue weighted by molar-refractivity contribution is 6.30. The SMILES string of the molecule is CC[C@H](NC(=O)COc1ccc(C(C)=O)cc1OC)c1ccc(Cl)cc1. The van der Waals surface area contributed by atoms with Gasteiger partial charge in [-0.3, -0.25) is 9.59 Å². The fourth-order valence-corrected chi connectivity index (χ4v) is 2.63. The smallest absolute Gasteiger partial charge is 0.258 e. The number of ether oxygens (including phenoxy) is 2. The molecular weight excluding hydrogens is 354 g/mol. The zero-order chi connectivity index (χ0) is 19.1. The van der Waals surface area contributed by atoms with Gasteiger partial charge in [-0.2, -0.15) is 0 Å². The van der Waals surface area contributed by atoms with Crippen LogP contribution < -0.4 is 14.8 Å². The molecule has 0 aliphatic rings.